The zero-order valence-electron chi connectivity index (χ0n) is 7.95. The molecule has 0 spiro atoms. The normalized spacial score (nSPS) is 18.6. The Morgan fingerprint density at radius 3 is 2.77 bits per heavy atom. The molecule has 0 aromatic carbocycles. The standard InChI is InChI=1S/C10H15N3/c1-2-8-5-9(13-7-12-8)10(6-11)3-4-10/h5,7H,2-4,6,11H2,1H3. The highest BCUT2D eigenvalue weighted by molar-refractivity contribution is 5.26. The number of aromatic nitrogens is 2. The van der Waals surface area contributed by atoms with Crippen LogP contribution in [0.1, 0.15) is 31.2 Å². The van der Waals surface area contributed by atoms with Gasteiger partial charge in [0.25, 0.3) is 0 Å². The SMILES string of the molecule is CCc1cc(C2(CN)CC2)ncn1. The highest BCUT2D eigenvalue weighted by Crippen LogP contribution is 2.46. The minimum atomic E-state index is 0.201. The van der Waals surface area contributed by atoms with Crippen LogP contribution in [0.2, 0.25) is 0 Å². The fraction of sp³-hybridized carbons (Fsp3) is 0.600. The molecule has 1 heterocycles. The van der Waals surface area contributed by atoms with Gasteiger partial charge in [0.05, 0.1) is 5.69 Å². The maximum atomic E-state index is 5.73. The van der Waals surface area contributed by atoms with Crippen molar-refractivity contribution < 1.29 is 0 Å². The van der Waals surface area contributed by atoms with Crippen molar-refractivity contribution in [2.75, 3.05) is 6.54 Å². The molecule has 1 aliphatic carbocycles. The number of hydrogen-bond donors (Lipinski definition) is 1. The molecular formula is C10H15N3. The van der Waals surface area contributed by atoms with Crippen LogP contribution in [0.5, 0.6) is 0 Å². The minimum absolute atomic E-state index is 0.201. The fourth-order valence-corrected chi connectivity index (χ4v) is 1.60. The number of hydrogen-bond acceptors (Lipinski definition) is 3. The van der Waals surface area contributed by atoms with Crippen LogP contribution in [0.4, 0.5) is 0 Å². The van der Waals surface area contributed by atoms with E-state index in [1.807, 2.05) is 0 Å². The molecule has 0 radical (unpaired) electrons. The molecule has 1 aliphatic rings. The van der Waals surface area contributed by atoms with Gasteiger partial charge in [-0.15, -0.1) is 0 Å². The van der Waals surface area contributed by atoms with Crippen molar-refractivity contribution in [1.29, 1.82) is 0 Å². The Balaban J connectivity index is 2.30. The maximum Gasteiger partial charge on any atom is 0.115 e. The molecular weight excluding hydrogens is 162 g/mol. The number of nitrogens with zero attached hydrogens (tertiary/aromatic N) is 2. The van der Waals surface area contributed by atoms with Gasteiger partial charge in [-0.05, 0) is 25.3 Å². The van der Waals surface area contributed by atoms with Gasteiger partial charge < -0.3 is 5.73 Å². The second-order valence-electron chi connectivity index (χ2n) is 3.73. The van der Waals surface area contributed by atoms with E-state index in [0.29, 0.717) is 6.54 Å². The first-order chi connectivity index (χ1) is 6.30. The predicted octanol–water partition coefficient (Wildman–Crippen LogP) is 1.03. The maximum absolute atomic E-state index is 5.73. The van der Waals surface area contributed by atoms with Crippen molar-refractivity contribution in [3.63, 3.8) is 0 Å². The third-order valence-electron chi connectivity index (χ3n) is 2.87. The molecule has 0 amide bonds. The Labute approximate surface area is 78.4 Å². The fourth-order valence-electron chi connectivity index (χ4n) is 1.60. The molecule has 1 fully saturated rings. The summed E-state index contributed by atoms with van der Waals surface area (Å²) < 4.78 is 0. The molecule has 1 aromatic heterocycles. The van der Waals surface area contributed by atoms with E-state index in [9.17, 15) is 0 Å². The molecule has 0 aliphatic heterocycles. The molecule has 70 valence electrons. The average Bonchev–Trinajstić information content (AvgIpc) is 2.99. The van der Waals surface area contributed by atoms with Crippen molar-refractivity contribution in [3.05, 3.63) is 23.8 Å². The summed E-state index contributed by atoms with van der Waals surface area (Å²) in [6.07, 6.45) is 4.99. The number of aryl methyl sites for hydroxylation is 1. The van der Waals surface area contributed by atoms with Gasteiger partial charge in [-0.2, -0.15) is 0 Å². The molecule has 0 unspecified atom stereocenters. The molecule has 3 heteroatoms. The van der Waals surface area contributed by atoms with Gasteiger partial charge in [-0.3, -0.25) is 0 Å². The molecule has 0 saturated heterocycles. The summed E-state index contributed by atoms with van der Waals surface area (Å²) in [7, 11) is 0. The highest BCUT2D eigenvalue weighted by Gasteiger charge is 2.44. The van der Waals surface area contributed by atoms with E-state index in [-0.39, 0.29) is 5.41 Å². The van der Waals surface area contributed by atoms with Crippen molar-refractivity contribution in [3.8, 4) is 0 Å². The van der Waals surface area contributed by atoms with Crippen molar-refractivity contribution >= 4 is 0 Å². The Kier molecular flexibility index (Phi) is 2.04. The summed E-state index contributed by atoms with van der Waals surface area (Å²) in [6.45, 7) is 2.82. The Morgan fingerprint density at radius 2 is 2.23 bits per heavy atom. The number of rotatable bonds is 3. The summed E-state index contributed by atoms with van der Waals surface area (Å²) in [6, 6.07) is 2.10. The molecule has 2 N–H and O–H groups in total. The van der Waals surface area contributed by atoms with E-state index in [1.165, 1.54) is 12.8 Å². The summed E-state index contributed by atoms with van der Waals surface area (Å²) in [5.74, 6) is 0. The van der Waals surface area contributed by atoms with Crippen molar-refractivity contribution in [1.82, 2.24) is 9.97 Å². The van der Waals surface area contributed by atoms with Crippen molar-refractivity contribution in [2.45, 2.75) is 31.6 Å². The molecule has 1 aromatic rings. The van der Waals surface area contributed by atoms with Crippen LogP contribution in [0, 0.1) is 0 Å². The monoisotopic (exact) mass is 177 g/mol. The van der Waals surface area contributed by atoms with Gasteiger partial charge in [0.15, 0.2) is 0 Å². The van der Waals surface area contributed by atoms with Gasteiger partial charge in [0.1, 0.15) is 6.33 Å². The van der Waals surface area contributed by atoms with Crippen molar-refractivity contribution in [2.24, 2.45) is 5.73 Å². The molecule has 1 saturated carbocycles. The summed E-state index contributed by atoms with van der Waals surface area (Å²) in [4.78, 5) is 8.48. The second-order valence-corrected chi connectivity index (χ2v) is 3.73. The smallest absolute Gasteiger partial charge is 0.115 e. The van der Waals surface area contributed by atoms with E-state index in [1.54, 1.807) is 6.33 Å². The van der Waals surface area contributed by atoms with Crippen LogP contribution in [0.15, 0.2) is 12.4 Å². The van der Waals surface area contributed by atoms with Crippen LogP contribution in [-0.4, -0.2) is 16.5 Å². The van der Waals surface area contributed by atoms with Gasteiger partial charge in [0, 0.05) is 17.7 Å². The van der Waals surface area contributed by atoms with Crippen LogP contribution >= 0.6 is 0 Å². The third-order valence-corrected chi connectivity index (χ3v) is 2.87. The van der Waals surface area contributed by atoms with Crippen LogP contribution in [0.3, 0.4) is 0 Å². The third kappa shape index (κ3) is 1.44. The molecule has 13 heavy (non-hydrogen) atoms. The Bertz CT molecular complexity index is 305. The zero-order valence-corrected chi connectivity index (χ0v) is 7.95. The second kappa shape index (κ2) is 3.07. The van der Waals surface area contributed by atoms with Gasteiger partial charge in [0.2, 0.25) is 0 Å². The molecule has 2 rings (SSSR count). The zero-order chi connectivity index (χ0) is 9.31. The highest BCUT2D eigenvalue weighted by atomic mass is 14.9. The average molecular weight is 177 g/mol. The topological polar surface area (TPSA) is 51.8 Å². The van der Waals surface area contributed by atoms with E-state index >= 15 is 0 Å². The first kappa shape index (κ1) is 8.63. The largest absolute Gasteiger partial charge is 0.330 e. The quantitative estimate of drug-likeness (QED) is 0.750. The molecule has 3 nitrogen and oxygen atoms in total. The van der Waals surface area contributed by atoms with E-state index in [4.69, 9.17) is 5.73 Å². The lowest BCUT2D eigenvalue weighted by Gasteiger charge is -2.11. The molecule has 0 bridgehead atoms. The van der Waals surface area contributed by atoms with E-state index in [2.05, 4.69) is 23.0 Å². The van der Waals surface area contributed by atoms with Gasteiger partial charge in [-0.1, -0.05) is 6.92 Å². The Hall–Kier alpha value is -0.960. The molecule has 0 atom stereocenters. The Morgan fingerprint density at radius 1 is 1.46 bits per heavy atom. The van der Waals surface area contributed by atoms with E-state index in [0.717, 1.165) is 17.8 Å². The van der Waals surface area contributed by atoms with Crippen LogP contribution in [0.25, 0.3) is 0 Å². The lowest BCUT2D eigenvalue weighted by atomic mass is 10.0. The number of nitrogens with two attached hydrogens (primary N) is 1. The lowest BCUT2D eigenvalue weighted by molar-refractivity contribution is 0.671. The van der Waals surface area contributed by atoms with Gasteiger partial charge in [-0.25, -0.2) is 9.97 Å². The summed E-state index contributed by atoms with van der Waals surface area (Å²) in [5.41, 5.74) is 8.19. The first-order valence-corrected chi connectivity index (χ1v) is 4.82. The minimum Gasteiger partial charge on any atom is -0.330 e. The van der Waals surface area contributed by atoms with Crippen LogP contribution in [-0.2, 0) is 11.8 Å². The lowest BCUT2D eigenvalue weighted by Crippen LogP contribution is -2.21. The summed E-state index contributed by atoms with van der Waals surface area (Å²) >= 11 is 0. The summed E-state index contributed by atoms with van der Waals surface area (Å²) in [5, 5.41) is 0. The first-order valence-electron chi connectivity index (χ1n) is 4.82. The van der Waals surface area contributed by atoms with E-state index < -0.39 is 0 Å². The van der Waals surface area contributed by atoms with Crippen LogP contribution < -0.4 is 5.73 Å². The predicted molar refractivity (Wildman–Crippen MR) is 51.4 cm³/mol. The van der Waals surface area contributed by atoms with Gasteiger partial charge >= 0.3 is 0 Å².